The highest BCUT2D eigenvalue weighted by Crippen LogP contribution is 2.53. The SMILES string of the molecule is C=CCN1C(=O)[C@@H]2[C@H](CC(C)C)N[C@]3(C(=O)Nc4ccccc43)[C@@H]2C1=O. The topological polar surface area (TPSA) is 78.5 Å². The van der Waals surface area contributed by atoms with Crippen molar-refractivity contribution in [3.8, 4) is 0 Å². The van der Waals surface area contributed by atoms with E-state index in [1.807, 2.05) is 24.3 Å². The minimum absolute atomic E-state index is 0.179. The predicted molar refractivity (Wildman–Crippen MR) is 97.0 cm³/mol. The largest absolute Gasteiger partial charge is 0.324 e. The highest BCUT2D eigenvalue weighted by Gasteiger charge is 2.70. The average molecular weight is 353 g/mol. The van der Waals surface area contributed by atoms with Crippen LogP contribution in [0.2, 0.25) is 0 Å². The fourth-order valence-corrected chi connectivity index (χ4v) is 4.84. The van der Waals surface area contributed by atoms with Crippen molar-refractivity contribution in [3.63, 3.8) is 0 Å². The molecule has 4 atom stereocenters. The number of likely N-dealkylation sites (tertiary alicyclic amines) is 1. The Hall–Kier alpha value is -2.47. The Morgan fingerprint density at radius 2 is 1.96 bits per heavy atom. The normalized spacial score (nSPS) is 32.3. The van der Waals surface area contributed by atoms with E-state index in [2.05, 4.69) is 31.1 Å². The second kappa shape index (κ2) is 5.77. The summed E-state index contributed by atoms with van der Waals surface area (Å²) >= 11 is 0. The molecule has 3 aliphatic heterocycles. The van der Waals surface area contributed by atoms with E-state index < -0.39 is 17.4 Å². The van der Waals surface area contributed by atoms with Crippen LogP contribution in [0.5, 0.6) is 0 Å². The highest BCUT2D eigenvalue weighted by atomic mass is 16.2. The number of anilines is 1. The number of nitrogens with one attached hydrogen (secondary N) is 2. The van der Waals surface area contributed by atoms with Crippen molar-refractivity contribution in [1.29, 1.82) is 0 Å². The van der Waals surface area contributed by atoms with E-state index in [9.17, 15) is 14.4 Å². The number of rotatable bonds is 4. The number of nitrogens with zero attached hydrogens (tertiary/aromatic N) is 1. The van der Waals surface area contributed by atoms with Gasteiger partial charge in [0.15, 0.2) is 0 Å². The van der Waals surface area contributed by atoms with Crippen LogP contribution in [0.25, 0.3) is 0 Å². The van der Waals surface area contributed by atoms with Gasteiger partial charge in [-0.15, -0.1) is 6.58 Å². The number of benzene rings is 1. The number of hydrogen-bond donors (Lipinski definition) is 2. The molecular formula is C20H23N3O3. The van der Waals surface area contributed by atoms with Gasteiger partial charge in [0.25, 0.3) is 0 Å². The third-order valence-electron chi connectivity index (χ3n) is 5.75. The molecule has 1 aromatic rings. The van der Waals surface area contributed by atoms with Gasteiger partial charge in [-0.1, -0.05) is 38.1 Å². The number of imide groups is 1. The predicted octanol–water partition coefficient (Wildman–Crippen LogP) is 1.64. The van der Waals surface area contributed by atoms with Gasteiger partial charge in [-0.25, -0.2) is 0 Å². The second-order valence-electron chi connectivity index (χ2n) is 7.77. The van der Waals surface area contributed by atoms with E-state index in [-0.39, 0.29) is 30.3 Å². The van der Waals surface area contributed by atoms with E-state index in [4.69, 9.17) is 0 Å². The number of carbonyl (C=O) groups excluding carboxylic acids is 3. The molecule has 136 valence electrons. The van der Waals surface area contributed by atoms with Crippen molar-refractivity contribution < 1.29 is 14.4 Å². The van der Waals surface area contributed by atoms with Crippen LogP contribution in [0.1, 0.15) is 25.8 Å². The Morgan fingerprint density at radius 1 is 1.23 bits per heavy atom. The van der Waals surface area contributed by atoms with Crippen molar-refractivity contribution in [2.45, 2.75) is 31.8 Å². The van der Waals surface area contributed by atoms with Crippen LogP contribution in [0.15, 0.2) is 36.9 Å². The molecule has 6 heteroatoms. The fourth-order valence-electron chi connectivity index (χ4n) is 4.84. The summed E-state index contributed by atoms with van der Waals surface area (Å²) in [6.45, 7) is 7.99. The maximum atomic E-state index is 13.2. The van der Waals surface area contributed by atoms with Gasteiger partial charge in [-0.2, -0.15) is 0 Å². The van der Waals surface area contributed by atoms with E-state index in [1.54, 1.807) is 6.08 Å². The van der Waals surface area contributed by atoms with Gasteiger partial charge in [0, 0.05) is 23.8 Å². The van der Waals surface area contributed by atoms with Crippen molar-refractivity contribution in [3.05, 3.63) is 42.5 Å². The van der Waals surface area contributed by atoms with Gasteiger partial charge < -0.3 is 5.32 Å². The molecule has 2 saturated heterocycles. The molecule has 4 rings (SSSR count). The van der Waals surface area contributed by atoms with Gasteiger partial charge in [0.2, 0.25) is 17.7 Å². The van der Waals surface area contributed by atoms with Crippen molar-refractivity contribution >= 4 is 23.4 Å². The van der Waals surface area contributed by atoms with Gasteiger partial charge >= 0.3 is 0 Å². The lowest BCUT2D eigenvalue weighted by molar-refractivity contribution is -0.142. The maximum Gasteiger partial charge on any atom is 0.250 e. The summed E-state index contributed by atoms with van der Waals surface area (Å²) in [5.41, 5.74) is 0.285. The van der Waals surface area contributed by atoms with Crippen LogP contribution in [-0.2, 0) is 19.9 Å². The highest BCUT2D eigenvalue weighted by molar-refractivity contribution is 6.15. The number of hydrogen-bond acceptors (Lipinski definition) is 4. The number of para-hydroxylation sites is 1. The summed E-state index contributed by atoms with van der Waals surface area (Å²) in [7, 11) is 0. The Balaban J connectivity index is 1.87. The average Bonchev–Trinajstić information content (AvgIpc) is 3.15. The monoisotopic (exact) mass is 353 g/mol. The van der Waals surface area contributed by atoms with Gasteiger partial charge in [-0.3, -0.25) is 24.6 Å². The zero-order chi connectivity index (χ0) is 18.6. The Kier molecular flexibility index (Phi) is 3.77. The van der Waals surface area contributed by atoms with Crippen LogP contribution in [-0.4, -0.2) is 35.2 Å². The zero-order valence-corrected chi connectivity index (χ0v) is 15.0. The molecule has 0 aliphatic carbocycles. The molecule has 2 N–H and O–H groups in total. The first-order valence-corrected chi connectivity index (χ1v) is 9.06. The van der Waals surface area contributed by atoms with Crippen molar-refractivity contribution in [2.24, 2.45) is 17.8 Å². The van der Waals surface area contributed by atoms with Crippen molar-refractivity contribution in [2.75, 3.05) is 11.9 Å². The van der Waals surface area contributed by atoms with E-state index in [0.717, 1.165) is 12.0 Å². The van der Waals surface area contributed by atoms with E-state index in [1.165, 1.54) is 4.90 Å². The second-order valence-corrected chi connectivity index (χ2v) is 7.77. The third-order valence-corrected chi connectivity index (χ3v) is 5.75. The summed E-state index contributed by atoms with van der Waals surface area (Å²) in [5.74, 6) is -1.65. The Morgan fingerprint density at radius 3 is 2.65 bits per heavy atom. The standard InChI is InChI=1S/C20H23N3O3/c1-4-9-23-17(24)15-14(10-11(2)3)22-20(16(15)18(23)25)12-7-5-6-8-13(12)21-19(20)26/h4-8,11,14-16,22H,1,9-10H2,2-3H3,(H,21,26)/t14-,15+,16-,20-/m0/s1. The molecule has 1 spiro atoms. The summed E-state index contributed by atoms with van der Waals surface area (Å²) in [6.07, 6.45) is 2.27. The fraction of sp³-hybridized carbons (Fsp3) is 0.450. The summed E-state index contributed by atoms with van der Waals surface area (Å²) in [5, 5.41) is 6.32. The molecule has 6 nitrogen and oxygen atoms in total. The zero-order valence-electron chi connectivity index (χ0n) is 15.0. The van der Waals surface area contributed by atoms with Crippen LogP contribution in [0.4, 0.5) is 5.69 Å². The maximum absolute atomic E-state index is 13.2. The first-order valence-electron chi connectivity index (χ1n) is 9.06. The van der Waals surface area contributed by atoms with Gasteiger partial charge in [0.05, 0.1) is 11.8 Å². The molecule has 1 aromatic carbocycles. The quantitative estimate of drug-likeness (QED) is 0.637. The van der Waals surface area contributed by atoms with Crippen molar-refractivity contribution in [1.82, 2.24) is 10.2 Å². The molecule has 0 bridgehead atoms. The lowest BCUT2D eigenvalue weighted by Gasteiger charge is -2.29. The molecule has 0 unspecified atom stereocenters. The number of fused-ring (bicyclic) bond motifs is 4. The van der Waals surface area contributed by atoms with Crippen LogP contribution in [0.3, 0.4) is 0 Å². The minimum Gasteiger partial charge on any atom is -0.324 e. The lowest BCUT2D eigenvalue weighted by Crippen LogP contribution is -2.53. The molecule has 3 amide bonds. The lowest BCUT2D eigenvalue weighted by atomic mass is 9.76. The molecule has 26 heavy (non-hydrogen) atoms. The third kappa shape index (κ3) is 2.05. The Bertz CT molecular complexity index is 818. The summed E-state index contributed by atoms with van der Waals surface area (Å²) in [6, 6.07) is 7.18. The summed E-state index contributed by atoms with van der Waals surface area (Å²) < 4.78 is 0. The molecule has 3 heterocycles. The van der Waals surface area contributed by atoms with Gasteiger partial charge in [-0.05, 0) is 18.4 Å². The van der Waals surface area contributed by atoms with E-state index in [0.29, 0.717) is 11.6 Å². The molecule has 2 fully saturated rings. The summed E-state index contributed by atoms with van der Waals surface area (Å²) in [4.78, 5) is 40.5. The Labute approximate surface area is 152 Å². The van der Waals surface area contributed by atoms with Crippen LogP contribution >= 0.6 is 0 Å². The van der Waals surface area contributed by atoms with Crippen LogP contribution < -0.4 is 10.6 Å². The molecule has 0 radical (unpaired) electrons. The van der Waals surface area contributed by atoms with E-state index >= 15 is 0 Å². The molecule has 0 aromatic heterocycles. The molecule has 0 saturated carbocycles. The smallest absolute Gasteiger partial charge is 0.250 e. The molecular weight excluding hydrogens is 330 g/mol. The minimum atomic E-state index is -1.18. The number of amides is 3. The molecule has 3 aliphatic rings. The number of carbonyl (C=O) groups is 3. The van der Waals surface area contributed by atoms with Gasteiger partial charge in [0.1, 0.15) is 5.54 Å². The van der Waals surface area contributed by atoms with Crippen LogP contribution in [0, 0.1) is 17.8 Å². The first kappa shape index (κ1) is 17.0. The first-order chi connectivity index (χ1) is 12.4.